The summed E-state index contributed by atoms with van der Waals surface area (Å²) in [5.74, 6) is 1.38. The highest BCUT2D eigenvalue weighted by atomic mass is 16.6. The Kier molecular flexibility index (Phi) is 4.82. The molecule has 2 rings (SSSR count). The van der Waals surface area contributed by atoms with Gasteiger partial charge in [0.25, 0.3) is 0 Å². The van der Waals surface area contributed by atoms with Gasteiger partial charge in [-0.3, -0.25) is 0 Å². The summed E-state index contributed by atoms with van der Waals surface area (Å²) >= 11 is 0. The summed E-state index contributed by atoms with van der Waals surface area (Å²) in [5.41, 5.74) is 0.595. The van der Waals surface area contributed by atoms with Crippen LogP contribution in [0.4, 0.5) is 10.6 Å². The second kappa shape index (κ2) is 6.34. The Balaban J connectivity index is 1.80. The van der Waals surface area contributed by atoms with Crippen LogP contribution in [0.2, 0.25) is 0 Å². The summed E-state index contributed by atoms with van der Waals surface area (Å²) < 4.78 is 5.24. The maximum absolute atomic E-state index is 11.6. The fraction of sp³-hybridized carbons (Fsp3) is 0.706. The van der Waals surface area contributed by atoms with Crippen molar-refractivity contribution < 1.29 is 9.53 Å². The standard InChI is InChI=1S/C17H28N4O2/c1-16(2,3)13-7-14(20-11-19-13)21-9-12(10-21)8-18-15(22)23-17(4,5)6/h7,11-12H,8-10H2,1-6H3,(H,18,22). The van der Waals surface area contributed by atoms with Crippen LogP contribution < -0.4 is 10.2 Å². The van der Waals surface area contributed by atoms with Gasteiger partial charge in [-0.25, -0.2) is 14.8 Å². The molecule has 128 valence electrons. The second-order valence-corrected chi connectivity index (χ2v) is 8.17. The van der Waals surface area contributed by atoms with Gasteiger partial charge in [0, 0.05) is 37.0 Å². The van der Waals surface area contributed by atoms with Crippen molar-refractivity contribution in [3.05, 3.63) is 18.1 Å². The van der Waals surface area contributed by atoms with Gasteiger partial charge in [0.15, 0.2) is 0 Å². The van der Waals surface area contributed by atoms with Crippen molar-refractivity contribution in [2.45, 2.75) is 52.6 Å². The van der Waals surface area contributed by atoms with Crippen LogP contribution in [0.5, 0.6) is 0 Å². The lowest BCUT2D eigenvalue weighted by Crippen LogP contribution is -2.52. The average Bonchev–Trinajstić information content (AvgIpc) is 2.34. The molecule has 0 unspecified atom stereocenters. The van der Waals surface area contributed by atoms with Crippen LogP contribution in [-0.2, 0) is 10.2 Å². The van der Waals surface area contributed by atoms with Gasteiger partial charge in [-0.05, 0) is 20.8 Å². The first-order valence-corrected chi connectivity index (χ1v) is 8.09. The lowest BCUT2D eigenvalue weighted by molar-refractivity contribution is 0.0516. The molecule has 1 amide bonds. The summed E-state index contributed by atoms with van der Waals surface area (Å²) in [6.45, 7) is 14.4. The lowest BCUT2D eigenvalue weighted by Gasteiger charge is -2.40. The molecule has 0 spiro atoms. The molecule has 1 N–H and O–H groups in total. The van der Waals surface area contributed by atoms with Crippen LogP contribution in [0.25, 0.3) is 0 Å². The van der Waals surface area contributed by atoms with E-state index in [0.717, 1.165) is 24.6 Å². The first-order valence-electron chi connectivity index (χ1n) is 8.09. The molecule has 1 saturated heterocycles. The zero-order chi connectivity index (χ0) is 17.3. The molecule has 6 nitrogen and oxygen atoms in total. The minimum atomic E-state index is -0.458. The number of alkyl carbamates (subject to hydrolysis) is 1. The van der Waals surface area contributed by atoms with Crippen molar-refractivity contribution >= 4 is 11.9 Å². The molecule has 2 heterocycles. The molecule has 1 aromatic heterocycles. The second-order valence-electron chi connectivity index (χ2n) is 8.17. The van der Waals surface area contributed by atoms with Crippen molar-refractivity contribution in [2.75, 3.05) is 24.5 Å². The topological polar surface area (TPSA) is 67.3 Å². The quantitative estimate of drug-likeness (QED) is 0.927. The Labute approximate surface area is 138 Å². The van der Waals surface area contributed by atoms with E-state index < -0.39 is 5.60 Å². The monoisotopic (exact) mass is 320 g/mol. The molecule has 1 aliphatic heterocycles. The van der Waals surface area contributed by atoms with Gasteiger partial charge in [-0.2, -0.15) is 0 Å². The highest BCUT2D eigenvalue weighted by Crippen LogP contribution is 2.26. The van der Waals surface area contributed by atoms with Crippen LogP contribution in [0, 0.1) is 5.92 Å². The zero-order valence-electron chi connectivity index (χ0n) is 15.0. The van der Waals surface area contributed by atoms with Crippen molar-refractivity contribution in [1.29, 1.82) is 0 Å². The van der Waals surface area contributed by atoms with E-state index in [1.54, 1.807) is 6.33 Å². The molecule has 0 bridgehead atoms. The lowest BCUT2D eigenvalue weighted by atomic mass is 9.91. The maximum Gasteiger partial charge on any atom is 0.407 e. The first kappa shape index (κ1) is 17.5. The van der Waals surface area contributed by atoms with Crippen LogP contribution in [0.1, 0.15) is 47.2 Å². The van der Waals surface area contributed by atoms with Gasteiger partial charge < -0.3 is 15.0 Å². The Bertz CT molecular complexity index is 554. The normalized spacial score (nSPS) is 16.0. The number of ether oxygens (including phenoxy) is 1. The maximum atomic E-state index is 11.6. The summed E-state index contributed by atoms with van der Waals surface area (Å²) in [6.07, 6.45) is 1.27. The Hall–Kier alpha value is -1.85. The number of anilines is 1. The van der Waals surface area contributed by atoms with Gasteiger partial charge in [0.05, 0.1) is 5.69 Å². The van der Waals surface area contributed by atoms with E-state index in [4.69, 9.17) is 4.74 Å². The van der Waals surface area contributed by atoms with E-state index in [-0.39, 0.29) is 11.5 Å². The summed E-state index contributed by atoms with van der Waals surface area (Å²) in [4.78, 5) is 22.6. The van der Waals surface area contributed by atoms with Crippen molar-refractivity contribution in [2.24, 2.45) is 5.92 Å². The van der Waals surface area contributed by atoms with Gasteiger partial charge in [-0.15, -0.1) is 0 Å². The molecule has 0 aromatic carbocycles. The molecule has 1 aliphatic rings. The summed E-state index contributed by atoms with van der Waals surface area (Å²) in [5, 5.41) is 2.83. The van der Waals surface area contributed by atoms with Crippen LogP contribution in [0.15, 0.2) is 12.4 Å². The fourth-order valence-electron chi connectivity index (χ4n) is 2.36. The minimum absolute atomic E-state index is 0.0141. The zero-order valence-corrected chi connectivity index (χ0v) is 15.0. The Morgan fingerprint density at radius 1 is 1.26 bits per heavy atom. The Morgan fingerprint density at radius 2 is 1.91 bits per heavy atom. The van der Waals surface area contributed by atoms with E-state index >= 15 is 0 Å². The summed E-state index contributed by atoms with van der Waals surface area (Å²) in [6, 6.07) is 2.05. The first-order chi connectivity index (χ1) is 10.5. The molecule has 0 radical (unpaired) electrons. The van der Waals surface area contributed by atoms with E-state index in [0.29, 0.717) is 12.5 Å². The predicted molar refractivity (Wildman–Crippen MR) is 90.7 cm³/mol. The largest absolute Gasteiger partial charge is 0.444 e. The van der Waals surface area contributed by atoms with Gasteiger partial charge in [0.1, 0.15) is 17.7 Å². The van der Waals surface area contributed by atoms with Crippen LogP contribution in [0.3, 0.4) is 0 Å². The van der Waals surface area contributed by atoms with E-state index in [9.17, 15) is 4.79 Å². The molecule has 0 saturated carbocycles. The molecule has 23 heavy (non-hydrogen) atoms. The molecule has 1 aromatic rings. The van der Waals surface area contributed by atoms with E-state index in [1.165, 1.54) is 0 Å². The number of amides is 1. The van der Waals surface area contributed by atoms with E-state index in [2.05, 4.69) is 47.0 Å². The van der Waals surface area contributed by atoms with Gasteiger partial charge in [-0.1, -0.05) is 20.8 Å². The number of hydrogen-bond acceptors (Lipinski definition) is 5. The highest BCUT2D eigenvalue weighted by Gasteiger charge is 2.29. The van der Waals surface area contributed by atoms with Crippen LogP contribution >= 0.6 is 0 Å². The van der Waals surface area contributed by atoms with Crippen molar-refractivity contribution in [3.8, 4) is 0 Å². The molecular weight excluding hydrogens is 292 g/mol. The number of carbonyl (C=O) groups is 1. The Morgan fingerprint density at radius 3 is 2.48 bits per heavy atom. The number of nitrogens with one attached hydrogen (secondary N) is 1. The number of hydrogen-bond donors (Lipinski definition) is 1. The predicted octanol–water partition coefficient (Wildman–Crippen LogP) is 2.74. The van der Waals surface area contributed by atoms with Crippen molar-refractivity contribution in [1.82, 2.24) is 15.3 Å². The van der Waals surface area contributed by atoms with Crippen LogP contribution in [-0.4, -0.2) is 41.3 Å². The average molecular weight is 320 g/mol. The van der Waals surface area contributed by atoms with Gasteiger partial charge in [0.2, 0.25) is 0 Å². The molecule has 6 heteroatoms. The molecule has 0 aliphatic carbocycles. The van der Waals surface area contributed by atoms with E-state index in [1.807, 2.05) is 20.8 Å². The van der Waals surface area contributed by atoms with Crippen molar-refractivity contribution in [3.63, 3.8) is 0 Å². The third-order valence-corrected chi connectivity index (χ3v) is 3.64. The summed E-state index contributed by atoms with van der Waals surface area (Å²) in [7, 11) is 0. The SMILES string of the molecule is CC(C)(C)OC(=O)NCC1CN(c2cc(C(C)(C)C)ncn2)C1. The van der Waals surface area contributed by atoms with Gasteiger partial charge >= 0.3 is 6.09 Å². The minimum Gasteiger partial charge on any atom is -0.444 e. The third-order valence-electron chi connectivity index (χ3n) is 3.64. The molecule has 1 fully saturated rings. The number of nitrogens with zero attached hydrogens (tertiary/aromatic N) is 3. The highest BCUT2D eigenvalue weighted by molar-refractivity contribution is 5.67. The number of rotatable bonds is 3. The molecule has 0 atom stereocenters. The fourth-order valence-corrected chi connectivity index (χ4v) is 2.36. The molecular formula is C17H28N4O2. The smallest absolute Gasteiger partial charge is 0.407 e. The number of carbonyl (C=O) groups excluding carboxylic acids is 1. The number of aromatic nitrogens is 2. The third kappa shape index (κ3) is 5.08.